The van der Waals surface area contributed by atoms with Crippen LogP contribution in [0, 0.1) is 11.8 Å². The summed E-state index contributed by atoms with van der Waals surface area (Å²) >= 11 is 0.646. The van der Waals surface area contributed by atoms with E-state index in [9.17, 15) is 0 Å². The molecule has 0 spiro atoms. The maximum absolute atomic E-state index is 5.89. The molecule has 0 amide bonds. The van der Waals surface area contributed by atoms with Gasteiger partial charge in [-0.1, -0.05) is 0 Å². The van der Waals surface area contributed by atoms with Crippen molar-refractivity contribution in [2.45, 2.75) is 30.7 Å². The summed E-state index contributed by atoms with van der Waals surface area (Å²) < 4.78 is 7.43. The molecular weight excluding hydrogens is 263 g/mol. The molecule has 1 aliphatic heterocycles. The summed E-state index contributed by atoms with van der Waals surface area (Å²) in [6.45, 7) is 1.03. The third kappa shape index (κ3) is 2.20. The van der Waals surface area contributed by atoms with Gasteiger partial charge < -0.3 is 0 Å². The van der Waals surface area contributed by atoms with Crippen LogP contribution < -0.4 is 4.46 Å². The van der Waals surface area contributed by atoms with E-state index in [2.05, 4.69) is 30.3 Å². The van der Waals surface area contributed by atoms with Crippen LogP contribution >= 0.6 is 0 Å². The molecule has 0 bridgehead atoms. The molecule has 2 heteroatoms. The Labute approximate surface area is 104 Å². The van der Waals surface area contributed by atoms with Crippen LogP contribution in [0.2, 0.25) is 5.32 Å². The minimum atomic E-state index is 0.622. The maximum atomic E-state index is 5.89. The first kappa shape index (κ1) is 10.8. The van der Waals surface area contributed by atoms with Gasteiger partial charge in [0.25, 0.3) is 0 Å². The van der Waals surface area contributed by atoms with Gasteiger partial charge in [0.15, 0.2) is 0 Å². The van der Waals surface area contributed by atoms with E-state index >= 15 is 0 Å². The zero-order valence-electron chi connectivity index (χ0n) is 9.47. The zero-order chi connectivity index (χ0) is 10.8. The number of hydrogen-bond donors (Lipinski definition) is 0. The second kappa shape index (κ2) is 4.91. The molecule has 1 saturated heterocycles. The molecule has 0 radical (unpaired) electrons. The Bertz CT molecular complexity index is 338. The van der Waals surface area contributed by atoms with Crippen LogP contribution in [0.25, 0.3) is 0 Å². The van der Waals surface area contributed by atoms with Gasteiger partial charge in [0.1, 0.15) is 0 Å². The second-order valence-electron chi connectivity index (χ2n) is 4.85. The van der Waals surface area contributed by atoms with Crippen molar-refractivity contribution in [2.24, 2.45) is 11.8 Å². The SMILES string of the molecule is c1ccc([Se]CC2CO[C@@H]3CCC[C@H]23)cc1. The quantitative estimate of drug-likeness (QED) is 0.772. The van der Waals surface area contributed by atoms with Crippen molar-refractivity contribution >= 4 is 19.4 Å². The van der Waals surface area contributed by atoms with Crippen molar-refractivity contribution in [3.05, 3.63) is 30.3 Å². The number of benzene rings is 1. The van der Waals surface area contributed by atoms with Crippen LogP contribution in [0.4, 0.5) is 0 Å². The Morgan fingerprint density at radius 1 is 1.19 bits per heavy atom. The predicted molar refractivity (Wildman–Crippen MR) is 67.2 cm³/mol. The van der Waals surface area contributed by atoms with Crippen LogP contribution in [0.3, 0.4) is 0 Å². The number of hydrogen-bond acceptors (Lipinski definition) is 1. The van der Waals surface area contributed by atoms with Gasteiger partial charge in [0.05, 0.1) is 0 Å². The molecular formula is C14H18OSe. The van der Waals surface area contributed by atoms with Gasteiger partial charge in [-0.25, -0.2) is 0 Å². The first-order valence-electron chi connectivity index (χ1n) is 6.23. The predicted octanol–water partition coefficient (Wildman–Crippen LogP) is 2.25. The van der Waals surface area contributed by atoms with Crippen molar-refractivity contribution in [2.75, 3.05) is 6.61 Å². The molecule has 0 N–H and O–H groups in total. The first-order chi connectivity index (χ1) is 7.93. The molecule has 1 nitrogen and oxygen atoms in total. The summed E-state index contributed by atoms with van der Waals surface area (Å²) in [6.07, 6.45) is 4.75. The van der Waals surface area contributed by atoms with Crippen LogP contribution in [0.5, 0.6) is 0 Å². The van der Waals surface area contributed by atoms with Crippen molar-refractivity contribution in [1.82, 2.24) is 0 Å². The van der Waals surface area contributed by atoms with Crippen LogP contribution in [-0.4, -0.2) is 27.7 Å². The molecule has 1 heterocycles. The van der Waals surface area contributed by atoms with Crippen LogP contribution in [0.1, 0.15) is 19.3 Å². The van der Waals surface area contributed by atoms with Gasteiger partial charge >= 0.3 is 104 Å². The van der Waals surface area contributed by atoms with Gasteiger partial charge in [-0.3, -0.25) is 0 Å². The van der Waals surface area contributed by atoms with E-state index in [1.807, 2.05) is 0 Å². The fraction of sp³-hybridized carbons (Fsp3) is 0.571. The van der Waals surface area contributed by atoms with Gasteiger partial charge in [-0.2, -0.15) is 0 Å². The molecule has 16 heavy (non-hydrogen) atoms. The molecule has 86 valence electrons. The number of ether oxygens (including phenoxy) is 1. The van der Waals surface area contributed by atoms with Crippen LogP contribution in [0.15, 0.2) is 30.3 Å². The molecule has 3 atom stereocenters. The molecule has 1 aliphatic carbocycles. The van der Waals surface area contributed by atoms with Crippen molar-refractivity contribution in [1.29, 1.82) is 0 Å². The average molecular weight is 281 g/mol. The number of rotatable bonds is 3. The van der Waals surface area contributed by atoms with E-state index in [0.717, 1.165) is 18.4 Å². The zero-order valence-corrected chi connectivity index (χ0v) is 11.2. The van der Waals surface area contributed by atoms with E-state index in [1.54, 1.807) is 0 Å². The van der Waals surface area contributed by atoms with Gasteiger partial charge in [0.2, 0.25) is 0 Å². The van der Waals surface area contributed by atoms with E-state index < -0.39 is 0 Å². The minimum absolute atomic E-state index is 0.622. The summed E-state index contributed by atoms with van der Waals surface area (Å²) in [5.41, 5.74) is 0. The average Bonchev–Trinajstić information content (AvgIpc) is 2.90. The second-order valence-corrected chi connectivity index (χ2v) is 7.14. The summed E-state index contributed by atoms with van der Waals surface area (Å²) in [4.78, 5) is 0. The Balaban J connectivity index is 1.56. The molecule has 2 fully saturated rings. The van der Waals surface area contributed by atoms with E-state index in [0.29, 0.717) is 21.1 Å². The standard InChI is InChI=1S/C14H18OSe/c1-2-5-12(6-3-1)16-10-11-9-15-14-8-4-7-13(11)14/h1-3,5-6,11,13-14H,4,7-10H2/t11?,13-,14-/m1/s1. The topological polar surface area (TPSA) is 9.23 Å². The first-order valence-corrected chi connectivity index (χ1v) is 8.30. The summed E-state index contributed by atoms with van der Waals surface area (Å²) in [7, 11) is 0. The third-order valence-corrected chi connectivity index (χ3v) is 6.36. The molecule has 1 unspecified atom stereocenters. The van der Waals surface area contributed by atoms with E-state index in [-0.39, 0.29) is 0 Å². The van der Waals surface area contributed by atoms with Crippen molar-refractivity contribution in [3.63, 3.8) is 0 Å². The summed E-state index contributed by atoms with van der Waals surface area (Å²) in [5.74, 6) is 1.75. The van der Waals surface area contributed by atoms with Crippen molar-refractivity contribution in [3.8, 4) is 0 Å². The van der Waals surface area contributed by atoms with Crippen molar-refractivity contribution < 1.29 is 4.74 Å². The molecule has 2 aliphatic rings. The van der Waals surface area contributed by atoms with Gasteiger partial charge in [-0.15, -0.1) is 0 Å². The molecule has 1 aromatic rings. The third-order valence-electron chi connectivity index (χ3n) is 3.84. The monoisotopic (exact) mass is 282 g/mol. The summed E-state index contributed by atoms with van der Waals surface area (Å²) in [5, 5.41) is 1.37. The Morgan fingerprint density at radius 3 is 2.94 bits per heavy atom. The Kier molecular flexibility index (Phi) is 3.32. The van der Waals surface area contributed by atoms with Gasteiger partial charge in [0, 0.05) is 0 Å². The molecule has 1 saturated carbocycles. The fourth-order valence-corrected chi connectivity index (χ4v) is 5.27. The van der Waals surface area contributed by atoms with E-state index in [1.165, 1.54) is 29.0 Å². The van der Waals surface area contributed by atoms with Gasteiger partial charge in [-0.05, 0) is 0 Å². The Hall–Kier alpha value is -0.301. The molecule has 3 rings (SSSR count). The fourth-order valence-electron chi connectivity index (χ4n) is 2.96. The van der Waals surface area contributed by atoms with E-state index in [4.69, 9.17) is 4.74 Å². The molecule has 1 aromatic carbocycles. The van der Waals surface area contributed by atoms with Crippen LogP contribution in [-0.2, 0) is 4.74 Å². The normalized spacial score (nSPS) is 32.9. The molecule has 0 aromatic heterocycles. The number of fused-ring (bicyclic) bond motifs is 1. The summed E-state index contributed by atoms with van der Waals surface area (Å²) in [6, 6.07) is 10.9. The Morgan fingerprint density at radius 2 is 2.06 bits per heavy atom.